The number of esters is 1. The molecule has 7 nitrogen and oxygen atoms in total. The first-order valence-corrected chi connectivity index (χ1v) is 13.0. The van der Waals surface area contributed by atoms with E-state index >= 15 is 0 Å². The molecule has 2 amide bonds. The van der Waals surface area contributed by atoms with Crippen molar-refractivity contribution in [3.63, 3.8) is 0 Å². The van der Waals surface area contributed by atoms with Gasteiger partial charge in [0.15, 0.2) is 0 Å². The minimum atomic E-state index is -0.770. The Morgan fingerprint density at radius 3 is 2.77 bits per heavy atom. The minimum Gasteiger partial charge on any atom is -0.465 e. The first-order chi connectivity index (χ1) is 16.8. The van der Waals surface area contributed by atoms with E-state index in [0.717, 1.165) is 23.2 Å². The van der Waals surface area contributed by atoms with E-state index in [1.54, 1.807) is 28.8 Å². The molecule has 1 N–H and O–H groups in total. The zero-order valence-corrected chi connectivity index (χ0v) is 21.3. The van der Waals surface area contributed by atoms with Crippen molar-refractivity contribution in [1.82, 2.24) is 4.90 Å². The lowest BCUT2D eigenvalue weighted by Gasteiger charge is -2.37. The summed E-state index contributed by atoms with van der Waals surface area (Å²) in [5.74, 6) is -2.03. The zero-order valence-electron chi connectivity index (χ0n) is 20.4. The van der Waals surface area contributed by atoms with E-state index in [-0.39, 0.29) is 42.8 Å². The summed E-state index contributed by atoms with van der Waals surface area (Å²) in [5.41, 5.74) is 2.76. The second kappa shape index (κ2) is 10.2. The van der Waals surface area contributed by atoms with Crippen LogP contribution < -0.4 is 4.90 Å². The Morgan fingerprint density at radius 1 is 1.31 bits per heavy atom. The normalized spacial score (nSPS) is 28.7. The summed E-state index contributed by atoms with van der Waals surface area (Å²) in [6, 6.07) is 5.18. The second-order valence-electron chi connectivity index (χ2n) is 9.58. The third-order valence-corrected chi connectivity index (χ3v) is 9.40. The van der Waals surface area contributed by atoms with Gasteiger partial charge in [0.25, 0.3) is 5.91 Å². The van der Waals surface area contributed by atoms with E-state index in [1.165, 1.54) is 4.90 Å². The molecule has 35 heavy (non-hydrogen) atoms. The molecule has 3 fully saturated rings. The van der Waals surface area contributed by atoms with E-state index < -0.39 is 22.6 Å². The minimum absolute atomic E-state index is 0.0473. The molecular formula is C27H34N2O5S. The smallest absolute Gasteiger partial charge is 0.310 e. The molecule has 0 aromatic heterocycles. The number of carbonyl (C=O) groups is 3. The number of fused-ring (bicyclic) bond motifs is 1. The van der Waals surface area contributed by atoms with Gasteiger partial charge in [-0.15, -0.1) is 24.9 Å². The van der Waals surface area contributed by atoms with Crippen molar-refractivity contribution in [2.75, 3.05) is 31.2 Å². The zero-order chi connectivity index (χ0) is 25.3. The summed E-state index contributed by atoms with van der Waals surface area (Å²) in [5, 5.41) is 9.73. The average Bonchev–Trinajstić information content (AvgIpc) is 3.47. The van der Waals surface area contributed by atoms with Gasteiger partial charge in [0.2, 0.25) is 5.91 Å². The summed E-state index contributed by atoms with van der Waals surface area (Å²) >= 11 is 1.59. The Bertz CT molecular complexity index is 1040. The monoisotopic (exact) mass is 498 g/mol. The molecule has 1 aromatic rings. The fourth-order valence-electron chi connectivity index (χ4n) is 5.98. The number of likely N-dealkylation sites (tertiary alicyclic amines) is 1. The lowest BCUT2D eigenvalue weighted by molar-refractivity contribution is -0.154. The summed E-state index contributed by atoms with van der Waals surface area (Å²) in [6.45, 7) is 11.7. The molecule has 0 radical (unpaired) electrons. The number of carbonyl (C=O) groups excluding carboxylic acids is 3. The Kier molecular flexibility index (Phi) is 7.43. The third-order valence-electron chi connectivity index (χ3n) is 7.45. The molecule has 0 aliphatic carbocycles. The molecule has 188 valence electrons. The summed E-state index contributed by atoms with van der Waals surface area (Å²) in [6.07, 6.45) is 5.33. The average molecular weight is 499 g/mol. The van der Waals surface area contributed by atoms with Gasteiger partial charge in [-0.05, 0) is 50.3 Å². The van der Waals surface area contributed by atoms with E-state index in [1.807, 2.05) is 32.0 Å². The van der Waals surface area contributed by atoms with Gasteiger partial charge < -0.3 is 19.6 Å². The number of thioether (sulfide) groups is 1. The highest BCUT2D eigenvalue weighted by Gasteiger charge is 2.74. The standard InChI is InChI=1S/C27H34N2O5S/c1-5-7-15-34-26(33)21-20-10-11-27(35-20)22(21)24(31)29(13-14-30)23(27)25(32)28(12-6-2)19-16-17(3)8-9-18(19)4/h5-6,8-9,16,20-23,30H,1-2,7,10-15H2,3-4H3/t20-,21+,22-,23?,27?/m0/s1. The number of anilines is 1. The van der Waals surface area contributed by atoms with Crippen molar-refractivity contribution >= 4 is 35.2 Å². The van der Waals surface area contributed by atoms with Crippen LogP contribution in [0.15, 0.2) is 43.5 Å². The summed E-state index contributed by atoms with van der Waals surface area (Å²) in [7, 11) is 0. The van der Waals surface area contributed by atoms with Crippen LogP contribution in [0.25, 0.3) is 0 Å². The number of hydrogen-bond acceptors (Lipinski definition) is 6. The molecule has 3 aliphatic rings. The van der Waals surface area contributed by atoms with Gasteiger partial charge >= 0.3 is 5.97 Å². The molecule has 3 saturated heterocycles. The van der Waals surface area contributed by atoms with E-state index in [2.05, 4.69) is 13.2 Å². The predicted molar refractivity (Wildman–Crippen MR) is 137 cm³/mol. The fourth-order valence-corrected chi connectivity index (χ4v) is 8.18. The highest BCUT2D eigenvalue weighted by Crippen LogP contribution is 2.66. The highest BCUT2D eigenvalue weighted by molar-refractivity contribution is 8.02. The van der Waals surface area contributed by atoms with Crippen LogP contribution >= 0.6 is 11.8 Å². The van der Waals surface area contributed by atoms with Gasteiger partial charge in [-0.25, -0.2) is 0 Å². The maximum atomic E-state index is 14.3. The number of rotatable bonds is 10. The van der Waals surface area contributed by atoms with Crippen LogP contribution in [0.5, 0.6) is 0 Å². The first kappa shape index (κ1) is 25.5. The van der Waals surface area contributed by atoms with Crippen LogP contribution in [-0.2, 0) is 19.1 Å². The largest absolute Gasteiger partial charge is 0.465 e. The van der Waals surface area contributed by atoms with Crippen LogP contribution in [0.3, 0.4) is 0 Å². The van der Waals surface area contributed by atoms with Gasteiger partial charge in [0.05, 0.1) is 29.8 Å². The number of benzene rings is 1. The molecule has 3 aliphatic heterocycles. The molecule has 8 heteroatoms. The molecular weight excluding hydrogens is 464 g/mol. The van der Waals surface area contributed by atoms with Gasteiger partial charge in [0.1, 0.15) is 6.04 Å². The van der Waals surface area contributed by atoms with Gasteiger partial charge in [-0.2, -0.15) is 0 Å². The number of hydrogen-bond donors (Lipinski definition) is 1. The maximum absolute atomic E-state index is 14.3. The number of β-amino-alcohol motifs (C(OH)–C–C–N with tert-alkyl or cyclic N) is 1. The van der Waals surface area contributed by atoms with Crippen molar-refractivity contribution in [2.45, 2.75) is 49.1 Å². The maximum Gasteiger partial charge on any atom is 0.310 e. The summed E-state index contributed by atoms with van der Waals surface area (Å²) in [4.78, 5) is 44.3. The number of aryl methyl sites for hydroxylation is 2. The molecule has 3 heterocycles. The van der Waals surface area contributed by atoms with Crippen molar-refractivity contribution in [2.24, 2.45) is 11.8 Å². The van der Waals surface area contributed by atoms with Crippen molar-refractivity contribution in [3.05, 3.63) is 54.6 Å². The molecule has 2 unspecified atom stereocenters. The van der Waals surface area contributed by atoms with Gasteiger partial charge in [-0.3, -0.25) is 14.4 Å². The Balaban J connectivity index is 1.73. The molecule has 1 spiro atoms. The summed E-state index contributed by atoms with van der Waals surface area (Å²) < 4.78 is 4.78. The van der Waals surface area contributed by atoms with Crippen molar-refractivity contribution in [1.29, 1.82) is 0 Å². The number of amides is 2. The SMILES string of the molecule is C=CCCOC(=O)[C@@H]1[C@@H]2CCC3(S2)C(C(=O)N(CC=C)c2cc(C)ccc2C)N(CCO)C(=O)[C@H]13. The van der Waals surface area contributed by atoms with E-state index in [9.17, 15) is 19.5 Å². The number of aliphatic hydroxyl groups is 1. The molecule has 4 rings (SSSR count). The molecule has 1 aromatic carbocycles. The molecule has 2 bridgehead atoms. The van der Waals surface area contributed by atoms with Crippen molar-refractivity contribution in [3.8, 4) is 0 Å². The van der Waals surface area contributed by atoms with Crippen LogP contribution in [0, 0.1) is 25.7 Å². The van der Waals surface area contributed by atoms with Gasteiger partial charge in [0, 0.05) is 24.0 Å². The number of aliphatic hydroxyl groups excluding tert-OH is 1. The van der Waals surface area contributed by atoms with Crippen LogP contribution in [0.1, 0.15) is 30.4 Å². The predicted octanol–water partition coefficient (Wildman–Crippen LogP) is 3.03. The third kappa shape index (κ3) is 4.20. The Labute approximate surface area is 211 Å². The lowest BCUT2D eigenvalue weighted by atomic mass is 9.71. The number of ether oxygens (including phenoxy) is 1. The van der Waals surface area contributed by atoms with Crippen LogP contribution in [-0.4, -0.2) is 70.1 Å². The molecule has 0 saturated carbocycles. The van der Waals surface area contributed by atoms with E-state index in [0.29, 0.717) is 19.4 Å². The first-order valence-electron chi connectivity index (χ1n) is 12.2. The Morgan fingerprint density at radius 2 is 2.09 bits per heavy atom. The number of nitrogens with zero attached hydrogens (tertiary/aromatic N) is 2. The Hall–Kier alpha value is -2.58. The fraction of sp³-hybridized carbons (Fsp3) is 0.519. The van der Waals surface area contributed by atoms with Crippen LogP contribution in [0.2, 0.25) is 0 Å². The highest BCUT2D eigenvalue weighted by atomic mass is 32.2. The van der Waals surface area contributed by atoms with E-state index in [4.69, 9.17) is 4.74 Å². The second-order valence-corrected chi connectivity index (χ2v) is 11.2. The molecule has 5 atom stereocenters. The van der Waals surface area contributed by atoms with Crippen LogP contribution in [0.4, 0.5) is 5.69 Å². The quantitative estimate of drug-likeness (QED) is 0.303. The lowest BCUT2D eigenvalue weighted by Crippen LogP contribution is -2.55. The topological polar surface area (TPSA) is 87.2 Å². The van der Waals surface area contributed by atoms with Crippen molar-refractivity contribution < 1.29 is 24.2 Å². The van der Waals surface area contributed by atoms with Gasteiger partial charge in [-0.1, -0.05) is 24.3 Å².